The van der Waals surface area contributed by atoms with Crippen molar-refractivity contribution in [3.05, 3.63) is 84.1 Å². The maximum absolute atomic E-state index is 12.5. The molecule has 1 aliphatic heterocycles. The van der Waals surface area contributed by atoms with Crippen molar-refractivity contribution in [2.24, 2.45) is 0 Å². The summed E-state index contributed by atoms with van der Waals surface area (Å²) in [5.41, 5.74) is 2.08. The van der Waals surface area contributed by atoms with Crippen molar-refractivity contribution in [1.82, 2.24) is 10.3 Å². The van der Waals surface area contributed by atoms with Crippen LogP contribution in [0.4, 0.5) is 5.69 Å². The summed E-state index contributed by atoms with van der Waals surface area (Å²) in [5, 5.41) is 5.80. The van der Waals surface area contributed by atoms with E-state index in [2.05, 4.69) is 15.6 Å². The monoisotopic (exact) mass is 373 g/mol. The molecule has 1 fully saturated rings. The Morgan fingerprint density at radius 2 is 1.93 bits per heavy atom. The van der Waals surface area contributed by atoms with Gasteiger partial charge in [0.15, 0.2) is 0 Å². The van der Waals surface area contributed by atoms with Gasteiger partial charge in [0.2, 0.25) is 11.8 Å². The van der Waals surface area contributed by atoms with Crippen LogP contribution < -0.4 is 15.4 Å². The Morgan fingerprint density at radius 3 is 2.64 bits per heavy atom. The smallest absolute Gasteiger partial charge is 0.257 e. The van der Waals surface area contributed by atoms with Gasteiger partial charge in [-0.2, -0.15) is 0 Å². The number of nitrogens with zero attached hydrogens (tertiary/aromatic N) is 1. The first-order valence-electron chi connectivity index (χ1n) is 9.07. The van der Waals surface area contributed by atoms with E-state index >= 15 is 0 Å². The van der Waals surface area contributed by atoms with E-state index in [1.807, 2.05) is 54.6 Å². The van der Waals surface area contributed by atoms with E-state index in [1.165, 1.54) is 6.20 Å². The van der Waals surface area contributed by atoms with Crippen LogP contribution in [0.5, 0.6) is 11.6 Å². The number of pyridine rings is 1. The highest BCUT2D eigenvalue weighted by Gasteiger charge is 2.22. The maximum Gasteiger partial charge on any atom is 0.257 e. The highest BCUT2D eigenvalue weighted by Crippen LogP contribution is 2.26. The highest BCUT2D eigenvalue weighted by molar-refractivity contribution is 6.04. The summed E-state index contributed by atoms with van der Waals surface area (Å²) in [6.45, 7) is 0. The minimum atomic E-state index is -0.258. The molecule has 0 aliphatic carbocycles. The molecule has 140 valence electrons. The normalized spacial score (nSPS) is 15.7. The average molecular weight is 373 g/mol. The third kappa shape index (κ3) is 4.17. The fourth-order valence-electron chi connectivity index (χ4n) is 3.08. The Bertz CT molecular complexity index is 987. The van der Waals surface area contributed by atoms with E-state index < -0.39 is 0 Å². The third-order valence-corrected chi connectivity index (χ3v) is 4.51. The van der Waals surface area contributed by atoms with E-state index in [-0.39, 0.29) is 17.9 Å². The molecule has 0 saturated carbocycles. The molecule has 6 nitrogen and oxygen atoms in total. The summed E-state index contributed by atoms with van der Waals surface area (Å²) in [5.74, 6) is 0.902. The van der Waals surface area contributed by atoms with Crippen molar-refractivity contribution >= 4 is 17.5 Å². The average Bonchev–Trinajstić information content (AvgIpc) is 3.16. The predicted octanol–water partition coefficient (Wildman–Crippen LogP) is 4.08. The van der Waals surface area contributed by atoms with Gasteiger partial charge in [0.1, 0.15) is 5.75 Å². The zero-order valence-electron chi connectivity index (χ0n) is 15.1. The van der Waals surface area contributed by atoms with E-state index in [0.29, 0.717) is 29.3 Å². The Hall–Kier alpha value is -3.67. The van der Waals surface area contributed by atoms with E-state index in [0.717, 1.165) is 12.0 Å². The predicted molar refractivity (Wildman–Crippen MR) is 105 cm³/mol. The highest BCUT2D eigenvalue weighted by atomic mass is 16.5. The second kappa shape index (κ2) is 7.92. The topological polar surface area (TPSA) is 80.3 Å². The molecular weight excluding hydrogens is 354 g/mol. The molecular formula is C22H19N3O3. The SMILES string of the molecule is O=C1CCC(c2cccc(NC(=O)c3ccc(Oc4ccccc4)nc3)c2)N1. The minimum absolute atomic E-state index is 0.000405. The first kappa shape index (κ1) is 17.7. The molecule has 1 aliphatic rings. The summed E-state index contributed by atoms with van der Waals surface area (Å²) < 4.78 is 5.64. The van der Waals surface area contributed by atoms with Crippen molar-refractivity contribution in [3.63, 3.8) is 0 Å². The lowest BCUT2D eigenvalue weighted by Gasteiger charge is -2.12. The van der Waals surface area contributed by atoms with Gasteiger partial charge in [-0.3, -0.25) is 9.59 Å². The fraction of sp³-hybridized carbons (Fsp3) is 0.136. The first-order chi connectivity index (χ1) is 13.7. The van der Waals surface area contributed by atoms with Crippen LogP contribution in [-0.2, 0) is 4.79 Å². The molecule has 0 spiro atoms. The second-order valence-electron chi connectivity index (χ2n) is 6.54. The molecule has 28 heavy (non-hydrogen) atoms. The quantitative estimate of drug-likeness (QED) is 0.706. The Morgan fingerprint density at radius 1 is 1.07 bits per heavy atom. The van der Waals surface area contributed by atoms with Gasteiger partial charge in [0.05, 0.1) is 11.6 Å². The van der Waals surface area contributed by atoms with Crippen LogP contribution in [0.1, 0.15) is 34.8 Å². The minimum Gasteiger partial charge on any atom is -0.439 e. The zero-order chi connectivity index (χ0) is 19.3. The number of anilines is 1. The lowest BCUT2D eigenvalue weighted by atomic mass is 10.0. The van der Waals surface area contributed by atoms with Gasteiger partial charge >= 0.3 is 0 Å². The van der Waals surface area contributed by atoms with Gasteiger partial charge in [-0.15, -0.1) is 0 Å². The van der Waals surface area contributed by atoms with E-state index in [9.17, 15) is 9.59 Å². The zero-order valence-corrected chi connectivity index (χ0v) is 15.1. The Kier molecular flexibility index (Phi) is 5.01. The van der Waals surface area contributed by atoms with Gasteiger partial charge in [-0.25, -0.2) is 4.98 Å². The second-order valence-corrected chi connectivity index (χ2v) is 6.54. The van der Waals surface area contributed by atoms with Crippen molar-refractivity contribution < 1.29 is 14.3 Å². The molecule has 3 aromatic rings. The molecule has 2 heterocycles. The number of aromatic nitrogens is 1. The van der Waals surface area contributed by atoms with Crippen LogP contribution in [0.15, 0.2) is 72.9 Å². The van der Waals surface area contributed by atoms with Crippen LogP contribution in [0.25, 0.3) is 0 Å². The first-order valence-corrected chi connectivity index (χ1v) is 9.07. The van der Waals surface area contributed by atoms with Crippen LogP contribution in [0.3, 0.4) is 0 Å². The number of carbonyl (C=O) groups is 2. The van der Waals surface area contributed by atoms with Crippen molar-refractivity contribution in [1.29, 1.82) is 0 Å². The molecule has 6 heteroatoms. The van der Waals surface area contributed by atoms with Gasteiger partial charge < -0.3 is 15.4 Å². The summed E-state index contributed by atoms with van der Waals surface area (Å²) in [6, 6.07) is 20.2. The molecule has 0 bridgehead atoms. The number of carbonyl (C=O) groups excluding carboxylic acids is 2. The van der Waals surface area contributed by atoms with Crippen LogP contribution >= 0.6 is 0 Å². The summed E-state index contributed by atoms with van der Waals surface area (Å²) in [7, 11) is 0. The van der Waals surface area contributed by atoms with E-state index in [4.69, 9.17) is 4.74 Å². The molecule has 1 unspecified atom stereocenters. The number of nitrogens with one attached hydrogen (secondary N) is 2. The largest absolute Gasteiger partial charge is 0.439 e. The fourth-order valence-corrected chi connectivity index (χ4v) is 3.08. The number of ether oxygens (including phenoxy) is 1. The molecule has 0 radical (unpaired) electrons. The van der Waals surface area contributed by atoms with Crippen molar-refractivity contribution in [2.45, 2.75) is 18.9 Å². The standard InChI is InChI=1S/C22H19N3O3/c26-20-11-10-19(25-20)15-5-4-6-17(13-15)24-22(27)16-9-12-21(23-14-16)28-18-7-2-1-3-8-18/h1-9,12-14,19H,10-11H2,(H,24,27)(H,25,26). The molecule has 2 N–H and O–H groups in total. The summed E-state index contributed by atoms with van der Waals surface area (Å²) in [6.07, 6.45) is 2.78. The van der Waals surface area contributed by atoms with Crippen LogP contribution in [-0.4, -0.2) is 16.8 Å². The number of benzene rings is 2. The Balaban J connectivity index is 1.41. The van der Waals surface area contributed by atoms with Gasteiger partial charge in [0.25, 0.3) is 5.91 Å². The van der Waals surface area contributed by atoms with Gasteiger partial charge in [-0.1, -0.05) is 30.3 Å². The number of hydrogen-bond acceptors (Lipinski definition) is 4. The number of amides is 2. The Labute approximate surface area is 162 Å². The van der Waals surface area contributed by atoms with Gasteiger partial charge in [-0.05, 0) is 42.3 Å². The van der Waals surface area contributed by atoms with Gasteiger partial charge in [0, 0.05) is 24.4 Å². The molecule has 1 saturated heterocycles. The maximum atomic E-state index is 12.5. The van der Waals surface area contributed by atoms with E-state index in [1.54, 1.807) is 12.1 Å². The van der Waals surface area contributed by atoms with Crippen molar-refractivity contribution in [2.75, 3.05) is 5.32 Å². The molecule has 1 atom stereocenters. The van der Waals surface area contributed by atoms with Crippen LogP contribution in [0.2, 0.25) is 0 Å². The third-order valence-electron chi connectivity index (χ3n) is 4.51. The molecule has 4 rings (SSSR count). The van der Waals surface area contributed by atoms with Crippen LogP contribution in [0, 0.1) is 0 Å². The number of rotatable bonds is 5. The van der Waals surface area contributed by atoms with Crippen molar-refractivity contribution in [3.8, 4) is 11.6 Å². The lowest BCUT2D eigenvalue weighted by molar-refractivity contribution is -0.119. The number of para-hydroxylation sites is 1. The molecule has 2 aromatic carbocycles. The molecule has 2 amide bonds. The lowest BCUT2D eigenvalue weighted by Crippen LogP contribution is -2.18. The number of hydrogen-bond donors (Lipinski definition) is 2. The molecule has 1 aromatic heterocycles. The summed E-state index contributed by atoms with van der Waals surface area (Å²) >= 11 is 0. The summed E-state index contributed by atoms with van der Waals surface area (Å²) in [4.78, 5) is 28.1.